The summed E-state index contributed by atoms with van der Waals surface area (Å²) in [5.74, 6) is -1.49. The Morgan fingerprint density at radius 1 is 1.29 bits per heavy atom. The highest BCUT2D eigenvalue weighted by molar-refractivity contribution is 7.99. The largest absolute Gasteiger partial charge is 0.481 e. The standard InChI is InChI=1S/C12H12O4S/c13-10(14)7-12(11(15)16)5-6-17-9-4-2-1-3-8(9)12/h1-4H,5-7H2,(H,13,14)(H,15,16). The van der Waals surface area contributed by atoms with Gasteiger partial charge in [-0.2, -0.15) is 0 Å². The van der Waals surface area contributed by atoms with Crippen LogP contribution in [0, 0.1) is 0 Å². The molecular formula is C12H12O4S. The van der Waals surface area contributed by atoms with Crippen molar-refractivity contribution in [1.29, 1.82) is 0 Å². The maximum Gasteiger partial charge on any atom is 0.314 e. The van der Waals surface area contributed by atoms with Crippen LogP contribution < -0.4 is 0 Å². The number of benzene rings is 1. The summed E-state index contributed by atoms with van der Waals surface area (Å²) < 4.78 is 0. The van der Waals surface area contributed by atoms with Crippen molar-refractivity contribution in [3.05, 3.63) is 29.8 Å². The van der Waals surface area contributed by atoms with E-state index in [0.717, 1.165) is 4.90 Å². The first-order valence-corrected chi connectivity index (χ1v) is 6.22. The second-order valence-electron chi connectivity index (χ2n) is 4.05. The van der Waals surface area contributed by atoms with Crippen LogP contribution in [0.4, 0.5) is 0 Å². The lowest BCUT2D eigenvalue weighted by Crippen LogP contribution is -2.40. The highest BCUT2D eigenvalue weighted by Crippen LogP contribution is 2.44. The van der Waals surface area contributed by atoms with E-state index in [1.165, 1.54) is 0 Å². The van der Waals surface area contributed by atoms with E-state index < -0.39 is 17.4 Å². The maximum absolute atomic E-state index is 11.5. The summed E-state index contributed by atoms with van der Waals surface area (Å²) in [4.78, 5) is 23.3. The molecule has 0 fully saturated rings. The molecule has 1 atom stereocenters. The summed E-state index contributed by atoms with van der Waals surface area (Å²) in [6, 6.07) is 7.16. The lowest BCUT2D eigenvalue weighted by molar-refractivity contribution is -0.150. The zero-order valence-electron chi connectivity index (χ0n) is 9.05. The molecule has 0 radical (unpaired) electrons. The van der Waals surface area contributed by atoms with Crippen molar-refractivity contribution >= 4 is 23.7 Å². The van der Waals surface area contributed by atoms with Gasteiger partial charge in [0.25, 0.3) is 0 Å². The molecule has 0 aromatic heterocycles. The van der Waals surface area contributed by atoms with Crippen LogP contribution in [0.5, 0.6) is 0 Å². The van der Waals surface area contributed by atoms with Gasteiger partial charge in [0.15, 0.2) is 0 Å². The van der Waals surface area contributed by atoms with Crippen molar-refractivity contribution in [2.24, 2.45) is 0 Å². The van der Waals surface area contributed by atoms with Gasteiger partial charge in [-0.1, -0.05) is 18.2 Å². The predicted octanol–water partition coefficient (Wildman–Crippen LogP) is 1.98. The Bertz CT molecular complexity index is 471. The molecule has 1 heterocycles. The SMILES string of the molecule is O=C(O)CC1(C(=O)O)CCSc2ccccc21. The van der Waals surface area contributed by atoms with Gasteiger partial charge in [0, 0.05) is 4.90 Å². The maximum atomic E-state index is 11.5. The number of carboxylic acids is 2. The molecule has 17 heavy (non-hydrogen) atoms. The van der Waals surface area contributed by atoms with Crippen LogP contribution in [0.2, 0.25) is 0 Å². The molecule has 0 spiro atoms. The van der Waals surface area contributed by atoms with E-state index in [1.807, 2.05) is 12.1 Å². The van der Waals surface area contributed by atoms with Crippen LogP contribution in [0.25, 0.3) is 0 Å². The molecule has 2 N–H and O–H groups in total. The number of hydrogen-bond acceptors (Lipinski definition) is 3. The first-order valence-electron chi connectivity index (χ1n) is 5.24. The number of rotatable bonds is 3. The highest BCUT2D eigenvalue weighted by atomic mass is 32.2. The number of aliphatic carboxylic acids is 2. The minimum Gasteiger partial charge on any atom is -0.481 e. The molecule has 1 aliphatic rings. The van der Waals surface area contributed by atoms with Gasteiger partial charge >= 0.3 is 11.9 Å². The second-order valence-corrected chi connectivity index (χ2v) is 5.19. The highest BCUT2D eigenvalue weighted by Gasteiger charge is 2.45. The van der Waals surface area contributed by atoms with Gasteiger partial charge in [-0.05, 0) is 23.8 Å². The Labute approximate surface area is 103 Å². The molecule has 5 heteroatoms. The van der Waals surface area contributed by atoms with E-state index in [-0.39, 0.29) is 6.42 Å². The summed E-state index contributed by atoms with van der Waals surface area (Å²) in [7, 11) is 0. The zero-order chi connectivity index (χ0) is 12.5. The molecule has 90 valence electrons. The predicted molar refractivity (Wildman–Crippen MR) is 63.3 cm³/mol. The molecule has 1 aliphatic heterocycles. The molecule has 1 aromatic carbocycles. The van der Waals surface area contributed by atoms with Crippen molar-refractivity contribution in [1.82, 2.24) is 0 Å². The Kier molecular flexibility index (Phi) is 3.11. The van der Waals surface area contributed by atoms with Crippen LogP contribution in [0.1, 0.15) is 18.4 Å². The fraction of sp³-hybridized carbons (Fsp3) is 0.333. The Morgan fingerprint density at radius 2 is 2.00 bits per heavy atom. The van der Waals surface area contributed by atoms with Gasteiger partial charge in [0.05, 0.1) is 6.42 Å². The third-order valence-corrected chi connectivity index (χ3v) is 4.13. The van der Waals surface area contributed by atoms with E-state index in [2.05, 4.69) is 0 Å². The van der Waals surface area contributed by atoms with Gasteiger partial charge in [-0.3, -0.25) is 9.59 Å². The monoisotopic (exact) mass is 252 g/mol. The van der Waals surface area contributed by atoms with Crippen molar-refractivity contribution < 1.29 is 19.8 Å². The number of hydrogen-bond donors (Lipinski definition) is 2. The van der Waals surface area contributed by atoms with Crippen LogP contribution in [-0.2, 0) is 15.0 Å². The van der Waals surface area contributed by atoms with Crippen molar-refractivity contribution in [3.8, 4) is 0 Å². The third-order valence-electron chi connectivity index (χ3n) is 3.05. The van der Waals surface area contributed by atoms with Gasteiger partial charge in [0.2, 0.25) is 0 Å². The number of carbonyl (C=O) groups is 2. The first-order chi connectivity index (χ1) is 8.06. The van der Waals surface area contributed by atoms with Gasteiger partial charge in [-0.15, -0.1) is 11.8 Å². The quantitative estimate of drug-likeness (QED) is 0.860. The van der Waals surface area contributed by atoms with Gasteiger partial charge in [0.1, 0.15) is 5.41 Å². The topological polar surface area (TPSA) is 74.6 Å². The Hall–Kier alpha value is -1.49. The zero-order valence-corrected chi connectivity index (χ0v) is 9.87. The van der Waals surface area contributed by atoms with Crippen LogP contribution in [0.3, 0.4) is 0 Å². The van der Waals surface area contributed by atoms with Crippen molar-refractivity contribution in [3.63, 3.8) is 0 Å². The first kappa shape index (κ1) is 12.0. The average molecular weight is 252 g/mol. The lowest BCUT2D eigenvalue weighted by Gasteiger charge is -2.33. The number of fused-ring (bicyclic) bond motifs is 1. The van der Waals surface area contributed by atoms with Crippen molar-refractivity contribution in [2.75, 3.05) is 5.75 Å². The Balaban J connectivity index is 2.55. The molecule has 0 saturated heterocycles. The lowest BCUT2D eigenvalue weighted by atomic mass is 9.75. The van der Waals surface area contributed by atoms with Gasteiger partial charge < -0.3 is 10.2 Å². The van der Waals surface area contributed by atoms with Crippen LogP contribution >= 0.6 is 11.8 Å². The molecule has 0 saturated carbocycles. The minimum atomic E-state index is -1.27. The fourth-order valence-corrected chi connectivity index (χ4v) is 3.46. The Morgan fingerprint density at radius 3 is 2.65 bits per heavy atom. The van der Waals surface area contributed by atoms with Gasteiger partial charge in [-0.25, -0.2) is 0 Å². The third kappa shape index (κ3) is 2.02. The molecule has 2 rings (SSSR count). The minimum absolute atomic E-state index is 0.357. The summed E-state index contributed by atoms with van der Waals surface area (Å²) in [6.45, 7) is 0. The summed E-state index contributed by atoms with van der Waals surface area (Å²) >= 11 is 1.58. The molecule has 4 nitrogen and oxygen atoms in total. The van der Waals surface area contributed by atoms with Crippen LogP contribution in [-0.4, -0.2) is 27.9 Å². The van der Waals surface area contributed by atoms with E-state index in [4.69, 9.17) is 5.11 Å². The number of carboxylic acid groups (broad SMARTS) is 2. The number of thioether (sulfide) groups is 1. The average Bonchev–Trinajstić information content (AvgIpc) is 2.28. The summed E-state index contributed by atoms with van der Waals surface area (Å²) in [5, 5.41) is 18.3. The van der Waals surface area contributed by atoms with E-state index in [9.17, 15) is 14.7 Å². The van der Waals surface area contributed by atoms with E-state index in [0.29, 0.717) is 17.7 Å². The van der Waals surface area contributed by atoms with E-state index in [1.54, 1.807) is 23.9 Å². The summed E-state index contributed by atoms with van der Waals surface area (Å²) in [5.41, 5.74) is -0.639. The molecule has 0 bridgehead atoms. The molecule has 1 aromatic rings. The van der Waals surface area contributed by atoms with E-state index >= 15 is 0 Å². The summed E-state index contributed by atoms with van der Waals surface area (Å²) in [6.07, 6.45) is -0.00375. The normalized spacial score (nSPS) is 22.8. The smallest absolute Gasteiger partial charge is 0.314 e. The van der Waals surface area contributed by atoms with Crippen LogP contribution in [0.15, 0.2) is 29.2 Å². The fourth-order valence-electron chi connectivity index (χ4n) is 2.20. The molecule has 0 aliphatic carbocycles. The molecule has 0 amide bonds. The molecule has 1 unspecified atom stereocenters. The molecular weight excluding hydrogens is 240 g/mol. The second kappa shape index (κ2) is 4.41. The van der Waals surface area contributed by atoms with Crippen molar-refractivity contribution in [2.45, 2.75) is 23.2 Å².